The minimum atomic E-state index is -4.57. The second kappa shape index (κ2) is 5.03. The van der Waals surface area contributed by atoms with Crippen LogP contribution in [-0.4, -0.2) is 25.5 Å². The molecule has 0 spiro atoms. The molecule has 0 unspecified atom stereocenters. The normalized spacial score (nSPS) is 11.7. The highest BCUT2D eigenvalue weighted by atomic mass is 19.4. The fraction of sp³-hybridized carbons (Fsp3) is 0.333. The van der Waals surface area contributed by atoms with Crippen molar-refractivity contribution in [2.45, 2.75) is 26.4 Å². The molecule has 0 amide bonds. The molecule has 2 heterocycles. The molecule has 8 heteroatoms. The molecule has 0 saturated carbocycles. The van der Waals surface area contributed by atoms with E-state index in [4.69, 9.17) is 0 Å². The minimum absolute atomic E-state index is 0.0173. The highest BCUT2D eigenvalue weighted by Gasteiger charge is 2.34. The first-order valence-electron chi connectivity index (χ1n) is 5.71. The number of aryl methyl sites for hydroxylation is 1. The van der Waals surface area contributed by atoms with Crippen molar-refractivity contribution in [2.24, 2.45) is 0 Å². The summed E-state index contributed by atoms with van der Waals surface area (Å²) in [7, 11) is 0. The topological polar surface area (TPSA) is 60.7 Å². The fourth-order valence-electron chi connectivity index (χ4n) is 1.66. The van der Waals surface area contributed by atoms with Crippen molar-refractivity contribution in [3.8, 4) is 5.69 Å². The van der Waals surface area contributed by atoms with Crippen molar-refractivity contribution >= 4 is 5.78 Å². The first-order chi connectivity index (χ1) is 9.27. The lowest BCUT2D eigenvalue weighted by atomic mass is 10.1. The maximum atomic E-state index is 12.3. The molecule has 2 rings (SSSR count). The van der Waals surface area contributed by atoms with Gasteiger partial charge in [0.05, 0.1) is 18.1 Å². The first kappa shape index (κ1) is 14.2. The standard InChI is InChI=1S/C12H11F3N4O/c1-7(20)3-9-6-19(18-8(9)2)10-4-16-11(17-5-10)12(13,14)15/h4-6H,3H2,1-2H3. The van der Waals surface area contributed by atoms with Crippen molar-refractivity contribution in [2.75, 3.05) is 0 Å². The Labute approximate surface area is 112 Å². The van der Waals surface area contributed by atoms with Gasteiger partial charge in [0.15, 0.2) is 0 Å². The number of carbonyl (C=O) groups excluding carboxylic acids is 1. The van der Waals surface area contributed by atoms with Crippen LogP contribution in [0.4, 0.5) is 13.2 Å². The van der Waals surface area contributed by atoms with Crippen molar-refractivity contribution in [1.29, 1.82) is 0 Å². The summed E-state index contributed by atoms with van der Waals surface area (Å²) in [6.45, 7) is 3.18. The van der Waals surface area contributed by atoms with Gasteiger partial charge in [0.1, 0.15) is 11.5 Å². The van der Waals surface area contributed by atoms with Crippen LogP contribution < -0.4 is 0 Å². The molecule has 0 aliphatic rings. The van der Waals surface area contributed by atoms with E-state index in [1.54, 1.807) is 13.1 Å². The molecule has 2 aromatic rings. The molecular formula is C12H11F3N4O. The van der Waals surface area contributed by atoms with Gasteiger partial charge < -0.3 is 0 Å². The molecule has 0 aromatic carbocycles. The lowest BCUT2D eigenvalue weighted by Gasteiger charge is -2.05. The first-order valence-corrected chi connectivity index (χ1v) is 5.71. The Morgan fingerprint density at radius 3 is 2.40 bits per heavy atom. The van der Waals surface area contributed by atoms with E-state index >= 15 is 0 Å². The predicted octanol–water partition coefficient (Wildman–Crippen LogP) is 2.12. The smallest absolute Gasteiger partial charge is 0.300 e. The van der Waals surface area contributed by atoms with E-state index in [-0.39, 0.29) is 12.2 Å². The highest BCUT2D eigenvalue weighted by molar-refractivity contribution is 5.78. The lowest BCUT2D eigenvalue weighted by molar-refractivity contribution is -0.145. The van der Waals surface area contributed by atoms with Crippen molar-refractivity contribution in [3.63, 3.8) is 0 Å². The molecule has 0 radical (unpaired) electrons. The zero-order valence-corrected chi connectivity index (χ0v) is 10.8. The summed E-state index contributed by atoms with van der Waals surface area (Å²) in [5.74, 6) is -1.22. The number of halogens is 3. The van der Waals surface area contributed by atoms with Crippen LogP contribution in [0.1, 0.15) is 24.0 Å². The quantitative estimate of drug-likeness (QED) is 0.866. The summed E-state index contributed by atoms with van der Waals surface area (Å²) in [5, 5.41) is 4.13. The van der Waals surface area contributed by atoms with Gasteiger partial charge in [-0.3, -0.25) is 4.79 Å². The van der Waals surface area contributed by atoms with E-state index < -0.39 is 12.0 Å². The van der Waals surface area contributed by atoms with Crippen LogP contribution in [0.2, 0.25) is 0 Å². The van der Waals surface area contributed by atoms with E-state index in [1.165, 1.54) is 11.6 Å². The number of hydrogen-bond donors (Lipinski definition) is 0. The average molecular weight is 284 g/mol. The van der Waals surface area contributed by atoms with E-state index in [0.29, 0.717) is 11.4 Å². The van der Waals surface area contributed by atoms with Crippen LogP contribution in [0.25, 0.3) is 5.69 Å². The summed E-state index contributed by atoms with van der Waals surface area (Å²) in [6, 6.07) is 0. The highest BCUT2D eigenvalue weighted by Crippen LogP contribution is 2.25. The van der Waals surface area contributed by atoms with Gasteiger partial charge in [-0.2, -0.15) is 18.3 Å². The Morgan fingerprint density at radius 1 is 1.30 bits per heavy atom. The van der Waals surface area contributed by atoms with Gasteiger partial charge in [-0.1, -0.05) is 0 Å². The van der Waals surface area contributed by atoms with E-state index in [1.807, 2.05) is 0 Å². The maximum absolute atomic E-state index is 12.3. The second-order valence-corrected chi connectivity index (χ2v) is 4.33. The van der Waals surface area contributed by atoms with Crippen molar-refractivity contribution in [1.82, 2.24) is 19.7 Å². The van der Waals surface area contributed by atoms with Gasteiger partial charge in [0.2, 0.25) is 5.82 Å². The van der Waals surface area contributed by atoms with Crippen LogP contribution >= 0.6 is 0 Å². The largest absolute Gasteiger partial charge is 0.451 e. The average Bonchev–Trinajstić information content (AvgIpc) is 2.69. The number of ketones is 1. The third-order valence-electron chi connectivity index (χ3n) is 2.60. The fourth-order valence-corrected chi connectivity index (χ4v) is 1.66. The zero-order valence-electron chi connectivity index (χ0n) is 10.8. The summed E-state index contributed by atoms with van der Waals surface area (Å²) in [4.78, 5) is 17.6. The SMILES string of the molecule is CC(=O)Cc1cn(-c2cnc(C(F)(F)F)nc2)nc1C. The Bertz CT molecular complexity index is 631. The molecule has 0 bridgehead atoms. The van der Waals surface area contributed by atoms with Crippen LogP contribution in [0, 0.1) is 6.92 Å². The second-order valence-electron chi connectivity index (χ2n) is 4.33. The van der Waals surface area contributed by atoms with Crippen LogP contribution in [-0.2, 0) is 17.4 Å². The number of rotatable bonds is 3. The van der Waals surface area contributed by atoms with Gasteiger partial charge in [-0.05, 0) is 13.8 Å². The summed E-state index contributed by atoms with van der Waals surface area (Å²) in [6.07, 6.45) is -0.673. The van der Waals surface area contributed by atoms with Gasteiger partial charge in [-0.15, -0.1) is 0 Å². The third-order valence-corrected chi connectivity index (χ3v) is 2.60. The Morgan fingerprint density at radius 2 is 1.90 bits per heavy atom. The minimum Gasteiger partial charge on any atom is -0.300 e. The molecule has 0 aliphatic carbocycles. The molecule has 5 nitrogen and oxygen atoms in total. The van der Waals surface area contributed by atoms with Gasteiger partial charge >= 0.3 is 6.18 Å². The lowest BCUT2D eigenvalue weighted by Crippen LogP contribution is -2.11. The Hall–Kier alpha value is -2.25. The van der Waals surface area contributed by atoms with Crippen LogP contribution in [0.5, 0.6) is 0 Å². The number of hydrogen-bond acceptors (Lipinski definition) is 4. The number of aromatic nitrogens is 4. The van der Waals surface area contributed by atoms with E-state index in [2.05, 4.69) is 15.1 Å². The van der Waals surface area contributed by atoms with E-state index in [9.17, 15) is 18.0 Å². The van der Waals surface area contributed by atoms with Crippen molar-refractivity contribution in [3.05, 3.63) is 35.7 Å². The predicted molar refractivity (Wildman–Crippen MR) is 63.3 cm³/mol. The maximum Gasteiger partial charge on any atom is 0.451 e. The molecule has 2 aromatic heterocycles. The zero-order chi connectivity index (χ0) is 14.9. The van der Waals surface area contributed by atoms with Gasteiger partial charge in [-0.25, -0.2) is 14.6 Å². The molecule has 20 heavy (non-hydrogen) atoms. The number of nitrogens with zero attached hydrogens (tertiary/aromatic N) is 4. The monoisotopic (exact) mass is 284 g/mol. The van der Waals surface area contributed by atoms with Gasteiger partial charge in [0, 0.05) is 18.2 Å². The van der Waals surface area contributed by atoms with Crippen LogP contribution in [0.15, 0.2) is 18.6 Å². The molecule has 106 valence electrons. The Balaban J connectivity index is 2.30. The molecule has 0 aliphatic heterocycles. The number of alkyl halides is 3. The molecular weight excluding hydrogens is 273 g/mol. The summed E-state index contributed by atoms with van der Waals surface area (Å²) in [5.41, 5.74) is 1.66. The molecule has 0 atom stereocenters. The summed E-state index contributed by atoms with van der Waals surface area (Å²) < 4.78 is 38.4. The summed E-state index contributed by atoms with van der Waals surface area (Å²) >= 11 is 0. The number of carbonyl (C=O) groups is 1. The Kier molecular flexibility index (Phi) is 3.56. The van der Waals surface area contributed by atoms with Crippen molar-refractivity contribution < 1.29 is 18.0 Å². The number of Topliss-reactive ketones (excluding diaryl/α,β-unsaturated/α-hetero) is 1. The molecule has 0 saturated heterocycles. The third kappa shape index (κ3) is 3.01. The van der Waals surface area contributed by atoms with Gasteiger partial charge in [0.25, 0.3) is 0 Å². The van der Waals surface area contributed by atoms with Crippen LogP contribution in [0.3, 0.4) is 0 Å². The molecule has 0 N–H and O–H groups in total. The van der Waals surface area contributed by atoms with E-state index in [0.717, 1.165) is 18.0 Å². The molecule has 0 fully saturated rings.